The normalized spacial score (nSPS) is 13.1. The van der Waals surface area contributed by atoms with Crippen LogP contribution in [-0.4, -0.2) is 48.3 Å². The average molecular weight is 535 g/mol. The predicted octanol–water partition coefficient (Wildman–Crippen LogP) is 5.31. The molecule has 4 heterocycles. The molecule has 2 amide bonds. The molecule has 0 spiro atoms. The number of hydrogen-bond acceptors (Lipinski definition) is 9. The largest absolute Gasteiger partial charge is 0.466 e. The van der Waals surface area contributed by atoms with Crippen molar-refractivity contribution in [2.24, 2.45) is 0 Å². The van der Waals surface area contributed by atoms with E-state index in [4.69, 9.17) is 9.26 Å². The van der Waals surface area contributed by atoms with Crippen molar-refractivity contribution in [3.63, 3.8) is 0 Å². The van der Waals surface area contributed by atoms with Crippen molar-refractivity contribution >= 4 is 29.0 Å². The molecule has 206 valence electrons. The molecule has 2 N–H and O–H groups in total. The monoisotopic (exact) mass is 534 g/mol. The number of nitrogens with zero attached hydrogens (tertiary/aromatic N) is 6. The summed E-state index contributed by atoms with van der Waals surface area (Å²) in [6.07, 6.45) is 9.81. The smallest absolute Gasteiger partial charge is 0.323 e. The number of hydrogen-bond donors (Lipinski definition) is 2. The summed E-state index contributed by atoms with van der Waals surface area (Å²) in [6, 6.07) is 3.23. The summed E-state index contributed by atoms with van der Waals surface area (Å²) in [6.45, 7) is 7.92. The minimum Gasteiger partial charge on any atom is -0.466 e. The fourth-order valence-corrected chi connectivity index (χ4v) is 4.64. The van der Waals surface area contributed by atoms with Crippen molar-refractivity contribution in [3.05, 3.63) is 47.9 Å². The Bertz CT molecular complexity index is 1420. The van der Waals surface area contributed by atoms with Crippen LogP contribution in [0.3, 0.4) is 0 Å². The van der Waals surface area contributed by atoms with Gasteiger partial charge in [0.1, 0.15) is 5.69 Å². The van der Waals surface area contributed by atoms with Gasteiger partial charge in [0.2, 0.25) is 11.7 Å². The second kappa shape index (κ2) is 12.9. The molecule has 0 bridgehead atoms. The number of aryl methyl sites for hydroxylation is 2. The van der Waals surface area contributed by atoms with E-state index < -0.39 is 6.03 Å². The highest BCUT2D eigenvalue weighted by atomic mass is 16.5. The molecule has 5 rings (SSSR count). The number of amides is 2. The molecule has 0 aromatic carbocycles. The molecule has 1 aliphatic carbocycles. The zero-order chi connectivity index (χ0) is 27.8. The number of nitrogens with one attached hydrogen (secondary N) is 2. The van der Waals surface area contributed by atoms with Gasteiger partial charge < -0.3 is 19.9 Å². The Labute approximate surface area is 226 Å². The van der Waals surface area contributed by atoms with E-state index >= 15 is 0 Å². The van der Waals surface area contributed by atoms with E-state index in [9.17, 15) is 9.59 Å². The van der Waals surface area contributed by atoms with Crippen molar-refractivity contribution in [2.45, 2.75) is 72.1 Å². The third-order valence-corrected chi connectivity index (χ3v) is 6.31. The summed E-state index contributed by atoms with van der Waals surface area (Å²) in [5, 5.41) is 14.2. The Balaban J connectivity index is 0.00000172. The lowest BCUT2D eigenvalue weighted by Gasteiger charge is -2.17. The fraction of sp³-hybridized carbons (Fsp3) is 0.444. The highest BCUT2D eigenvalue weighted by molar-refractivity contribution is 6.00. The first-order valence-corrected chi connectivity index (χ1v) is 13.4. The number of rotatable bonds is 8. The number of pyridine rings is 1. The van der Waals surface area contributed by atoms with Gasteiger partial charge in [-0.3, -0.25) is 9.78 Å². The number of ether oxygens (including phenoxy) is 1. The van der Waals surface area contributed by atoms with Crippen molar-refractivity contribution in [1.29, 1.82) is 0 Å². The molecule has 1 saturated carbocycles. The van der Waals surface area contributed by atoms with Crippen molar-refractivity contribution in [2.75, 3.05) is 17.2 Å². The van der Waals surface area contributed by atoms with Crippen molar-refractivity contribution in [1.82, 2.24) is 29.7 Å². The molecular weight excluding hydrogens is 500 g/mol. The minimum atomic E-state index is -0.401. The van der Waals surface area contributed by atoms with Crippen LogP contribution >= 0.6 is 0 Å². The zero-order valence-corrected chi connectivity index (χ0v) is 22.7. The van der Waals surface area contributed by atoms with Crippen LogP contribution in [-0.2, 0) is 16.0 Å². The van der Waals surface area contributed by atoms with Crippen LogP contribution in [0.25, 0.3) is 17.2 Å². The van der Waals surface area contributed by atoms with Gasteiger partial charge in [0, 0.05) is 18.4 Å². The van der Waals surface area contributed by atoms with Gasteiger partial charge in [-0.2, -0.15) is 10.1 Å². The van der Waals surface area contributed by atoms with E-state index in [1.165, 1.54) is 6.20 Å². The standard InChI is InChI=1S/C25H28N8O4.C2H6/c1-3-36-21(34)9-8-20-31-24(32-37-20)22-15(2)12-17(13-27-22)29-25(35)30-18-14-26-19-10-11-28-33(19)23(18)16-6-4-5-7-16;1-2/h10-14,16H,3-9H2,1-2H3,(H2,29,30,35);1-2H3. The number of carbonyl (C=O) groups excluding carboxylic acids is 2. The molecule has 1 aliphatic rings. The first kappa shape index (κ1) is 27.7. The van der Waals surface area contributed by atoms with Crippen molar-refractivity contribution < 1.29 is 18.8 Å². The highest BCUT2D eigenvalue weighted by Crippen LogP contribution is 2.37. The molecule has 0 radical (unpaired) electrons. The Morgan fingerprint density at radius 1 is 1.15 bits per heavy atom. The minimum absolute atomic E-state index is 0.158. The van der Waals surface area contributed by atoms with Crippen LogP contribution in [0.15, 0.2) is 35.2 Å². The molecule has 12 heteroatoms. The Morgan fingerprint density at radius 2 is 1.95 bits per heavy atom. The molecule has 0 aliphatic heterocycles. The SMILES string of the molecule is CC.CCOC(=O)CCc1nc(-c2ncc(NC(=O)Nc3cnc4ccnn4c3C3CCCC3)cc2C)no1. The molecule has 12 nitrogen and oxygen atoms in total. The summed E-state index contributed by atoms with van der Waals surface area (Å²) in [4.78, 5) is 37.6. The third kappa shape index (κ3) is 6.57. The maximum absolute atomic E-state index is 12.9. The molecule has 1 fully saturated rings. The van der Waals surface area contributed by atoms with Crippen LogP contribution in [0.2, 0.25) is 0 Å². The van der Waals surface area contributed by atoms with Crippen LogP contribution in [0, 0.1) is 6.92 Å². The first-order chi connectivity index (χ1) is 19.0. The van der Waals surface area contributed by atoms with Gasteiger partial charge >= 0.3 is 12.0 Å². The molecule has 4 aromatic rings. The van der Waals surface area contributed by atoms with Gasteiger partial charge in [0.15, 0.2) is 5.65 Å². The van der Waals surface area contributed by atoms with E-state index in [0.29, 0.717) is 41.3 Å². The maximum Gasteiger partial charge on any atom is 0.323 e. The number of aromatic nitrogens is 6. The van der Waals surface area contributed by atoms with Crippen LogP contribution in [0.1, 0.15) is 75.9 Å². The lowest BCUT2D eigenvalue weighted by atomic mass is 10.0. The first-order valence-electron chi connectivity index (χ1n) is 13.4. The van der Waals surface area contributed by atoms with Gasteiger partial charge in [-0.05, 0) is 38.3 Å². The number of fused-ring (bicyclic) bond motifs is 1. The topological polar surface area (TPSA) is 149 Å². The summed E-state index contributed by atoms with van der Waals surface area (Å²) < 4.78 is 12.0. The number of urea groups is 1. The molecule has 0 atom stereocenters. The summed E-state index contributed by atoms with van der Waals surface area (Å²) >= 11 is 0. The number of esters is 1. The van der Waals surface area contributed by atoms with Gasteiger partial charge in [-0.25, -0.2) is 14.3 Å². The molecule has 39 heavy (non-hydrogen) atoms. The third-order valence-electron chi connectivity index (χ3n) is 6.31. The lowest BCUT2D eigenvalue weighted by molar-refractivity contribution is -0.143. The van der Waals surface area contributed by atoms with Gasteiger partial charge in [-0.15, -0.1) is 0 Å². The second-order valence-corrected chi connectivity index (χ2v) is 8.93. The maximum atomic E-state index is 12.9. The second-order valence-electron chi connectivity index (χ2n) is 8.93. The van der Waals surface area contributed by atoms with Gasteiger partial charge in [0.05, 0.1) is 48.7 Å². The lowest BCUT2D eigenvalue weighted by Crippen LogP contribution is -2.22. The highest BCUT2D eigenvalue weighted by Gasteiger charge is 2.25. The Morgan fingerprint density at radius 3 is 2.69 bits per heavy atom. The van der Waals surface area contributed by atoms with Crippen LogP contribution in [0.4, 0.5) is 16.2 Å². The molecular formula is C27H34N8O4. The van der Waals surface area contributed by atoms with E-state index in [2.05, 4.69) is 35.8 Å². The van der Waals surface area contributed by atoms with E-state index in [-0.39, 0.29) is 18.8 Å². The van der Waals surface area contributed by atoms with Gasteiger partial charge in [0.25, 0.3) is 0 Å². The quantitative estimate of drug-likeness (QED) is 0.287. The summed E-state index contributed by atoms with van der Waals surface area (Å²) in [5.41, 5.74) is 4.16. The Hall–Kier alpha value is -4.35. The molecule has 0 unspecified atom stereocenters. The van der Waals surface area contributed by atoms with Crippen molar-refractivity contribution in [3.8, 4) is 11.5 Å². The predicted molar refractivity (Wildman–Crippen MR) is 145 cm³/mol. The van der Waals surface area contributed by atoms with E-state index in [1.807, 2.05) is 31.4 Å². The van der Waals surface area contributed by atoms with Gasteiger partial charge in [-0.1, -0.05) is 31.8 Å². The number of anilines is 2. The fourth-order valence-electron chi connectivity index (χ4n) is 4.64. The van der Waals surface area contributed by atoms with Crippen LogP contribution in [0.5, 0.6) is 0 Å². The molecule has 4 aromatic heterocycles. The summed E-state index contributed by atoms with van der Waals surface area (Å²) in [7, 11) is 0. The Kier molecular flexibility index (Phi) is 9.18. The van der Waals surface area contributed by atoms with E-state index in [0.717, 1.165) is 42.6 Å². The molecule has 0 saturated heterocycles. The van der Waals surface area contributed by atoms with E-state index in [1.54, 1.807) is 25.4 Å². The summed E-state index contributed by atoms with van der Waals surface area (Å²) in [5.74, 6) is 0.640. The zero-order valence-electron chi connectivity index (χ0n) is 22.7. The van der Waals surface area contributed by atoms with Crippen LogP contribution < -0.4 is 10.6 Å². The average Bonchev–Trinajstić information content (AvgIpc) is 3.71. The number of carbonyl (C=O) groups is 2.